The van der Waals surface area contributed by atoms with Crippen molar-refractivity contribution < 1.29 is 23.5 Å². The first-order chi connectivity index (χ1) is 20.9. The van der Waals surface area contributed by atoms with Crippen molar-refractivity contribution in [3.05, 3.63) is 137 Å². The first kappa shape index (κ1) is 29.0. The molecule has 0 heterocycles. The van der Waals surface area contributed by atoms with Crippen molar-refractivity contribution in [2.75, 3.05) is 10.6 Å². The molecule has 3 N–H and O–H groups in total. The number of ether oxygens (including phenoxy) is 1. The van der Waals surface area contributed by atoms with E-state index >= 15 is 0 Å². The number of rotatable bonds is 8. The number of para-hydroxylation sites is 1. The number of hydrogen-bond acceptors (Lipinski definition) is 5. The van der Waals surface area contributed by atoms with Crippen LogP contribution in [-0.4, -0.2) is 23.9 Å². The third kappa shape index (κ3) is 7.41. The van der Waals surface area contributed by atoms with E-state index in [1.54, 1.807) is 54.6 Å². The lowest BCUT2D eigenvalue weighted by Gasteiger charge is -2.12. The summed E-state index contributed by atoms with van der Waals surface area (Å²) in [7, 11) is 0. The Hall–Kier alpha value is -5.54. The Morgan fingerprint density at radius 3 is 2.30 bits per heavy atom. The van der Waals surface area contributed by atoms with Crippen molar-refractivity contribution in [2.45, 2.75) is 6.61 Å². The summed E-state index contributed by atoms with van der Waals surface area (Å²) in [6.45, 7) is 0.180. The van der Waals surface area contributed by atoms with Crippen molar-refractivity contribution >= 4 is 57.7 Å². The summed E-state index contributed by atoms with van der Waals surface area (Å²) < 4.78 is 19.3. The number of nitrogens with zero attached hydrogens (tertiary/aromatic N) is 1. The highest BCUT2D eigenvalue weighted by molar-refractivity contribution is 6.40. The number of carbonyl (C=O) groups excluding carboxylic acids is 3. The lowest BCUT2D eigenvalue weighted by Crippen LogP contribution is -2.33. The number of fused-ring (bicyclic) bond motifs is 1. The van der Waals surface area contributed by atoms with Crippen LogP contribution in [-0.2, 0) is 16.2 Å². The van der Waals surface area contributed by atoms with Crippen LogP contribution in [0.25, 0.3) is 10.8 Å². The quantitative estimate of drug-likeness (QED) is 0.107. The average molecular weight is 595 g/mol. The molecule has 0 aliphatic rings. The first-order valence-corrected chi connectivity index (χ1v) is 13.4. The number of anilines is 2. The zero-order chi connectivity index (χ0) is 30.2. The SMILES string of the molecule is O=C(NN=Cc1c(OCc2ccc(F)cc2)ccc2ccccc12)C(=O)Nc1ccccc1C(=O)Nc1ccc(Cl)cc1. The van der Waals surface area contributed by atoms with Crippen LogP contribution in [0.3, 0.4) is 0 Å². The number of nitrogens with one attached hydrogen (secondary N) is 3. The topological polar surface area (TPSA) is 109 Å². The second kappa shape index (κ2) is 13.4. The van der Waals surface area contributed by atoms with Gasteiger partial charge in [0.15, 0.2) is 0 Å². The Labute approximate surface area is 251 Å². The van der Waals surface area contributed by atoms with Crippen LogP contribution >= 0.6 is 11.6 Å². The van der Waals surface area contributed by atoms with Crippen LogP contribution in [0.4, 0.5) is 15.8 Å². The predicted octanol–water partition coefficient (Wildman–Crippen LogP) is 6.55. The molecule has 214 valence electrons. The van der Waals surface area contributed by atoms with Gasteiger partial charge in [-0.2, -0.15) is 5.10 Å². The maximum Gasteiger partial charge on any atom is 0.329 e. The van der Waals surface area contributed by atoms with Crippen molar-refractivity contribution in [2.24, 2.45) is 5.10 Å². The van der Waals surface area contributed by atoms with E-state index in [9.17, 15) is 18.8 Å². The summed E-state index contributed by atoms with van der Waals surface area (Å²) in [4.78, 5) is 38.2. The van der Waals surface area contributed by atoms with Gasteiger partial charge in [0.05, 0.1) is 17.5 Å². The minimum Gasteiger partial charge on any atom is -0.488 e. The zero-order valence-electron chi connectivity index (χ0n) is 22.5. The molecule has 5 rings (SSSR count). The van der Waals surface area contributed by atoms with Crippen molar-refractivity contribution in [1.82, 2.24) is 5.43 Å². The highest BCUT2D eigenvalue weighted by Gasteiger charge is 2.18. The maximum absolute atomic E-state index is 13.3. The molecule has 0 saturated heterocycles. The first-order valence-electron chi connectivity index (χ1n) is 13.1. The highest BCUT2D eigenvalue weighted by Crippen LogP contribution is 2.27. The van der Waals surface area contributed by atoms with E-state index in [0.29, 0.717) is 22.0 Å². The van der Waals surface area contributed by atoms with E-state index in [4.69, 9.17) is 16.3 Å². The fourth-order valence-electron chi connectivity index (χ4n) is 4.18. The maximum atomic E-state index is 13.3. The fraction of sp³-hybridized carbons (Fsp3) is 0.0303. The summed E-state index contributed by atoms with van der Waals surface area (Å²) in [5, 5.41) is 11.4. The summed E-state index contributed by atoms with van der Waals surface area (Å²) in [5.41, 5.74) is 4.37. The van der Waals surface area contributed by atoms with Crippen molar-refractivity contribution in [1.29, 1.82) is 0 Å². The van der Waals surface area contributed by atoms with E-state index in [0.717, 1.165) is 16.3 Å². The third-order valence-electron chi connectivity index (χ3n) is 6.33. The normalized spacial score (nSPS) is 10.8. The fourth-order valence-corrected chi connectivity index (χ4v) is 4.31. The lowest BCUT2D eigenvalue weighted by atomic mass is 10.0. The Morgan fingerprint density at radius 2 is 1.51 bits per heavy atom. The van der Waals surface area contributed by atoms with Crippen LogP contribution in [0, 0.1) is 5.82 Å². The molecule has 0 fully saturated rings. The lowest BCUT2D eigenvalue weighted by molar-refractivity contribution is -0.136. The number of hydrazone groups is 1. The molecule has 10 heteroatoms. The Balaban J connectivity index is 1.27. The number of halogens is 2. The van der Waals surface area contributed by atoms with Gasteiger partial charge in [-0.3, -0.25) is 14.4 Å². The van der Waals surface area contributed by atoms with Gasteiger partial charge in [-0.1, -0.05) is 66.2 Å². The van der Waals surface area contributed by atoms with Gasteiger partial charge in [0.2, 0.25) is 0 Å². The van der Waals surface area contributed by atoms with Gasteiger partial charge >= 0.3 is 11.8 Å². The molecule has 5 aromatic carbocycles. The van der Waals surface area contributed by atoms with Gasteiger partial charge in [-0.15, -0.1) is 0 Å². The number of benzene rings is 5. The molecule has 5 aromatic rings. The predicted molar refractivity (Wildman–Crippen MR) is 165 cm³/mol. The standard InChI is InChI=1S/C33H24ClFN4O4/c34-23-12-16-25(17-13-23)37-31(40)27-7-3-4-8-29(27)38-32(41)33(42)39-36-19-28-26-6-2-1-5-22(26)11-18-30(28)43-20-21-9-14-24(35)15-10-21/h1-19H,20H2,(H,37,40)(H,38,41)(H,39,42). The molecule has 0 bridgehead atoms. The number of carbonyl (C=O) groups is 3. The van der Waals surface area contributed by atoms with Crippen molar-refractivity contribution in [3.8, 4) is 5.75 Å². The van der Waals surface area contributed by atoms with E-state index in [-0.39, 0.29) is 23.7 Å². The molecule has 0 saturated carbocycles. The summed E-state index contributed by atoms with van der Waals surface area (Å²) >= 11 is 5.90. The minimum atomic E-state index is -1.04. The van der Waals surface area contributed by atoms with E-state index in [2.05, 4.69) is 21.2 Å². The molecule has 0 unspecified atom stereocenters. The molecule has 0 atom stereocenters. The molecule has 0 aliphatic carbocycles. The van der Waals surface area contributed by atoms with Crippen molar-refractivity contribution in [3.63, 3.8) is 0 Å². The smallest absolute Gasteiger partial charge is 0.329 e. The van der Waals surface area contributed by atoms with Gasteiger partial charge in [0, 0.05) is 16.3 Å². The zero-order valence-corrected chi connectivity index (χ0v) is 23.3. The Kier molecular flexibility index (Phi) is 9.04. The molecule has 43 heavy (non-hydrogen) atoms. The van der Waals surface area contributed by atoms with Crippen LogP contribution in [0.1, 0.15) is 21.5 Å². The molecule has 0 radical (unpaired) electrons. The summed E-state index contributed by atoms with van der Waals surface area (Å²) in [5.74, 6) is -2.41. The van der Waals surface area contributed by atoms with Crippen LogP contribution < -0.4 is 20.8 Å². The summed E-state index contributed by atoms with van der Waals surface area (Å²) in [6, 6.07) is 30.0. The second-order valence-electron chi connectivity index (χ2n) is 9.27. The monoisotopic (exact) mass is 594 g/mol. The minimum absolute atomic E-state index is 0.142. The third-order valence-corrected chi connectivity index (χ3v) is 6.58. The Morgan fingerprint density at radius 1 is 0.791 bits per heavy atom. The van der Waals surface area contributed by atoms with Gasteiger partial charge in [0.25, 0.3) is 5.91 Å². The summed E-state index contributed by atoms with van der Waals surface area (Å²) in [6.07, 6.45) is 1.39. The van der Waals surface area contributed by atoms with Crippen LogP contribution in [0.5, 0.6) is 5.75 Å². The molecule has 0 aliphatic heterocycles. The average Bonchev–Trinajstić information content (AvgIpc) is 3.02. The van der Waals surface area contributed by atoms with Crippen LogP contribution in [0.2, 0.25) is 5.02 Å². The Bertz CT molecular complexity index is 1830. The van der Waals surface area contributed by atoms with E-state index in [1.807, 2.05) is 30.3 Å². The van der Waals surface area contributed by atoms with E-state index < -0.39 is 17.7 Å². The highest BCUT2D eigenvalue weighted by atomic mass is 35.5. The van der Waals surface area contributed by atoms with Gasteiger partial charge in [-0.25, -0.2) is 9.82 Å². The molecule has 0 spiro atoms. The van der Waals surface area contributed by atoms with E-state index in [1.165, 1.54) is 30.5 Å². The molecule has 3 amide bonds. The number of hydrogen-bond donors (Lipinski definition) is 3. The largest absolute Gasteiger partial charge is 0.488 e. The molecular weight excluding hydrogens is 571 g/mol. The molecule has 0 aromatic heterocycles. The van der Waals surface area contributed by atoms with Gasteiger partial charge in [-0.05, 0) is 70.9 Å². The van der Waals surface area contributed by atoms with Crippen LogP contribution in [0.15, 0.2) is 114 Å². The molecule has 8 nitrogen and oxygen atoms in total. The second-order valence-corrected chi connectivity index (χ2v) is 9.71. The van der Waals surface area contributed by atoms with Gasteiger partial charge < -0.3 is 15.4 Å². The number of amides is 3. The molecular formula is C33H24ClFN4O4. The van der Waals surface area contributed by atoms with Gasteiger partial charge in [0.1, 0.15) is 18.2 Å².